The molecule has 0 bridgehead atoms. The first-order valence-corrected chi connectivity index (χ1v) is 13.0. The first-order valence-electron chi connectivity index (χ1n) is 13.0. The Morgan fingerprint density at radius 3 is 2.19 bits per heavy atom. The number of hydrogen-bond donors (Lipinski definition) is 0. The van der Waals surface area contributed by atoms with E-state index in [1.165, 1.54) is 33.4 Å². The summed E-state index contributed by atoms with van der Waals surface area (Å²) in [6.45, 7) is 14.3. The van der Waals surface area contributed by atoms with Crippen LogP contribution in [-0.2, 0) is 28.6 Å². The van der Waals surface area contributed by atoms with Gasteiger partial charge in [-0.2, -0.15) is 0 Å². The predicted molar refractivity (Wildman–Crippen MR) is 143 cm³/mol. The van der Waals surface area contributed by atoms with Crippen LogP contribution < -0.4 is 4.57 Å². The van der Waals surface area contributed by atoms with Gasteiger partial charge in [-0.15, -0.1) is 0 Å². The second kappa shape index (κ2) is 8.14. The average Bonchev–Trinajstić information content (AvgIpc) is 3.44. The predicted octanol–water partition coefficient (Wildman–Crippen LogP) is 6.47. The van der Waals surface area contributed by atoms with Gasteiger partial charge in [0.2, 0.25) is 6.33 Å². The fraction of sp³-hybridized carbons (Fsp3) is 0.375. The van der Waals surface area contributed by atoms with E-state index in [9.17, 15) is 0 Å². The van der Waals surface area contributed by atoms with Gasteiger partial charge in [-0.1, -0.05) is 94.8 Å². The molecule has 0 fully saturated rings. The Hall–Kier alpha value is -3.24. The molecule has 1 aliphatic heterocycles. The summed E-state index contributed by atoms with van der Waals surface area (Å²) in [6, 6.07) is 24.6. The van der Waals surface area contributed by atoms with E-state index in [2.05, 4.69) is 113 Å². The highest BCUT2D eigenvalue weighted by Gasteiger charge is 2.43. The number of para-hydroxylation sites is 1. The maximum absolute atomic E-state index is 6.34. The summed E-state index contributed by atoms with van der Waals surface area (Å²) in [5.41, 5.74) is 9.30. The van der Waals surface area contributed by atoms with E-state index in [1.54, 1.807) is 0 Å². The lowest BCUT2D eigenvalue weighted by molar-refractivity contribution is -0.739. The Labute approximate surface area is 214 Å². The highest BCUT2D eigenvalue weighted by atomic mass is 16.5. The Bertz CT molecular complexity index is 1400. The van der Waals surface area contributed by atoms with E-state index in [0.29, 0.717) is 6.61 Å². The largest absolute Gasteiger partial charge is 0.363 e. The van der Waals surface area contributed by atoms with Crippen molar-refractivity contribution < 1.29 is 9.30 Å². The van der Waals surface area contributed by atoms with E-state index in [1.807, 2.05) is 10.7 Å². The van der Waals surface area contributed by atoms with E-state index in [4.69, 9.17) is 9.84 Å². The molecule has 4 nitrogen and oxygen atoms in total. The number of fused-ring (bicyclic) bond motifs is 5. The molecule has 0 unspecified atom stereocenters. The van der Waals surface area contributed by atoms with Crippen molar-refractivity contribution in [2.75, 3.05) is 0 Å². The molecule has 184 valence electrons. The number of rotatable bonds is 2. The van der Waals surface area contributed by atoms with Crippen LogP contribution in [0.3, 0.4) is 0 Å². The summed E-state index contributed by atoms with van der Waals surface area (Å²) in [7, 11) is 0. The van der Waals surface area contributed by atoms with Crippen molar-refractivity contribution in [3.63, 3.8) is 0 Å². The van der Waals surface area contributed by atoms with Crippen LogP contribution in [0.15, 0.2) is 73.1 Å². The number of benzene rings is 3. The molecule has 0 saturated heterocycles. The van der Waals surface area contributed by atoms with Crippen LogP contribution >= 0.6 is 0 Å². The minimum Gasteiger partial charge on any atom is -0.363 e. The quantitative estimate of drug-likeness (QED) is 0.309. The fourth-order valence-electron chi connectivity index (χ4n) is 5.51. The molecule has 1 aliphatic carbocycles. The summed E-state index contributed by atoms with van der Waals surface area (Å²) < 4.78 is 10.7. The first-order chi connectivity index (χ1) is 17.1. The van der Waals surface area contributed by atoms with Crippen LogP contribution in [0.4, 0.5) is 0 Å². The van der Waals surface area contributed by atoms with Crippen molar-refractivity contribution in [3.05, 3.63) is 101 Å². The van der Waals surface area contributed by atoms with Gasteiger partial charge in [0.05, 0.1) is 0 Å². The summed E-state index contributed by atoms with van der Waals surface area (Å²) >= 11 is 0. The molecular weight excluding hydrogens is 442 g/mol. The minimum absolute atomic E-state index is 0.0891. The zero-order chi connectivity index (χ0) is 25.2. The zero-order valence-electron chi connectivity index (χ0n) is 22.2. The molecule has 1 aromatic heterocycles. The molecule has 4 heteroatoms. The molecule has 0 spiro atoms. The summed E-state index contributed by atoms with van der Waals surface area (Å²) in [4.78, 5) is 0. The fourth-order valence-corrected chi connectivity index (χ4v) is 5.51. The molecular formula is C32H36N3O+. The first kappa shape index (κ1) is 23.2. The maximum Gasteiger partial charge on any atom is 0.304 e. The normalized spacial score (nSPS) is 19.1. The molecule has 2 heterocycles. The molecule has 36 heavy (non-hydrogen) atoms. The van der Waals surface area contributed by atoms with Gasteiger partial charge < -0.3 is 4.74 Å². The van der Waals surface area contributed by atoms with E-state index < -0.39 is 0 Å². The molecule has 0 saturated carbocycles. The molecule has 3 aromatic carbocycles. The SMILES string of the molecule is CC(C)(C)c1cc(-c2ccc3c(c2)[C@H]2[C@@H](C3)OCc3nn(-c4ccccc4)c[n+]32)cc(C(C)(C)C)c1. The van der Waals surface area contributed by atoms with Crippen LogP contribution in [0.2, 0.25) is 0 Å². The van der Waals surface area contributed by atoms with E-state index >= 15 is 0 Å². The van der Waals surface area contributed by atoms with Crippen molar-refractivity contribution in [1.82, 2.24) is 9.78 Å². The van der Waals surface area contributed by atoms with Crippen LogP contribution in [0.1, 0.15) is 75.7 Å². The standard InChI is InChI=1S/C32H36N3O/c1-31(2,3)24-14-23(15-25(18-24)32(4,5)6)21-12-13-22-17-28-30(27(22)16-21)34-20-35(33-29(34)19-36-28)26-10-8-7-9-11-26/h7-16,18,20,28,30H,17,19H2,1-6H3/q+1/t28-,30+/m1/s1. The number of hydrogen-bond acceptors (Lipinski definition) is 2. The maximum atomic E-state index is 6.34. The van der Waals surface area contributed by atoms with Crippen LogP contribution in [0.5, 0.6) is 0 Å². The van der Waals surface area contributed by atoms with E-state index in [-0.39, 0.29) is 23.0 Å². The lowest BCUT2D eigenvalue weighted by atomic mass is 9.79. The Balaban J connectivity index is 1.45. The van der Waals surface area contributed by atoms with Crippen LogP contribution in [0.25, 0.3) is 16.8 Å². The molecule has 0 radical (unpaired) electrons. The van der Waals surface area contributed by atoms with Gasteiger partial charge in [-0.3, -0.25) is 0 Å². The van der Waals surface area contributed by atoms with Gasteiger partial charge in [-0.25, -0.2) is 4.57 Å². The van der Waals surface area contributed by atoms with Crippen molar-refractivity contribution in [2.24, 2.45) is 0 Å². The number of aromatic nitrogens is 3. The lowest BCUT2D eigenvalue weighted by Crippen LogP contribution is -2.51. The molecule has 2 aliphatic rings. The molecule has 6 rings (SSSR count). The smallest absolute Gasteiger partial charge is 0.304 e. The number of nitrogens with zero attached hydrogens (tertiary/aromatic N) is 3. The van der Waals surface area contributed by atoms with Crippen molar-refractivity contribution in [3.8, 4) is 16.8 Å². The van der Waals surface area contributed by atoms with Crippen molar-refractivity contribution in [1.29, 1.82) is 0 Å². The molecule has 0 N–H and O–H groups in total. The lowest BCUT2D eigenvalue weighted by Gasteiger charge is -2.26. The molecule has 0 amide bonds. The Kier molecular flexibility index (Phi) is 5.24. The third kappa shape index (κ3) is 3.98. The highest BCUT2D eigenvalue weighted by molar-refractivity contribution is 5.68. The minimum atomic E-state index is 0.0891. The monoisotopic (exact) mass is 478 g/mol. The van der Waals surface area contributed by atoms with Gasteiger partial charge in [0.1, 0.15) is 24.4 Å². The summed E-state index contributed by atoms with van der Waals surface area (Å²) in [5, 5.41) is 4.87. The van der Waals surface area contributed by atoms with Crippen LogP contribution in [-0.4, -0.2) is 15.9 Å². The molecule has 2 atom stereocenters. The summed E-state index contributed by atoms with van der Waals surface area (Å²) in [5.74, 6) is 0.975. The highest BCUT2D eigenvalue weighted by Crippen LogP contribution is 2.40. The van der Waals surface area contributed by atoms with Crippen molar-refractivity contribution in [2.45, 2.75) is 77.5 Å². The topological polar surface area (TPSA) is 30.9 Å². The van der Waals surface area contributed by atoms with Gasteiger partial charge in [0.25, 0.3) is 0 Å². The van der Waals surface area contributed by atoms with Crippen LogP contribution in [0, 0.1) is 0 Å². The number of ether oxygens (including phenoxy) is 1. The third-order valence-corrected chi connectivity index (χ3v) is 7.74. The Morgan fingerprint density at radius 1 is 0.833 bits per heavy atom. The Morgan fingerprint density at radius 2 is 1.53 bits per heavy atom. The van der Waals surface area contributed by atoms with E-state index in [0.717, 1.165) is 17.9 Å². The summed E-state index contributed by atoms with van der Waals surface area (Å²) in [6.07, 6.45) is 3.23. The van der Waals surface area contributed by atoms with Crippen molar-refractivity contribution >= 4 is 0 Å². The third-order valence-electron chi connectivity index (χ3n) is 7.74. The second-order valence-electron chi connectivity index (χ2n) is 12.4. The zero-order valence-corrected chi connectivity index (χ0v) is 22.2. The van der Waals surface area contributed by atoms with Gasteiger partial charge in [0.15, 0.2) is 0 Å². The van der Waals surface area contributed by atoms with Gasteiger partial charge in [-0.05, 0) is 62.4 Å². The second-order valence-corrected chi connectivity index (χ2v) is 12.4. The van der Waals surface area contributed by atoms with Gasteiger partial charge >= 0.3 is 5.82 Å². The molecule has 4 aromatic rings. The van der Waals surface area contributed by atoms with Gasteiger partial charge in [0, 0.05) is 11.5 Å². The average molecular weight is 479 g/mol.